The molecule has 0 aliphatic carbocycles. The smallest absolute Gasteiger partial charge is 0.267 e. The summed E-state index contributed by atoms with van der Waals surface area (Å²) in [6.45, 7) is 6.64. The highest BCUT2D eigenvalue weighted by atomic mass is 16.5. The number of para-hydroxylation sites is 1. The lowest BCUT2D eigenvalue weighted by Gasteiger charge is -2.36. The van der Waals surface area contributed by atoms with E-state index in [9.17, 15) is 4.79 Å². The number of benzene rings is 1. The van der Waals surface area contributed by atoms with Crippen LogP contribution in [0, 0.1) is 6.92 Å². The Kier molecular flexibility index (Phi) is 6.19. The van der Waals surface area contributed by atoms with E-state index in [1.54, 1.807) is 10.7 Å². The number of fused-ring (bicyclic) bond motifs is 2. The molecule has 1 fully saturated rings. The van der Waals surface area contributed by atoms with Crippen molar-refractivity contribution in [2.45, 2.75) is 51.8 Å². The van der Waals surface area contributed by atoms with Crippen molar-refractivity contribution in [1.29, 1.82) is 0 Å². The van der Waals surface area contributed by atoms with E-state index in [0.717, 1.165) is 59.6 Å². The summed E-state index contributed by atoms with van der Waals surface area (Å²) in [5.41, 5.74) is 5.12. The summed E-state index contributed by atoms with van der Waals surface area (Å²) < 4.78 is 7.09. The molecule has 0 bridgehead atoms. The maximum absolute atomic E-state index is 12.5. The van der Waals surface area contributed by atoms with Crippen LogP contribution in [0.3, 0.4) is 0 Å². The summed E-state index contributed by atoms with van der Waals surface area (Å²) in [6, 6.07) is 12.6. The van der Waals surface area contributed by atoms with Crippen LogP contribution in [0.4, 0.5) is 5.69 Å². The molecule has 1 saturated heterocycles. The summed E-state index contributed by atoms with van der Waals surface area (Å²) in [7, 11) is 0. The zero-order valence-corrected chi connectivity index (χ0v) is 18.7. The number of rotatable bonds is 6. The number of ether oxygens (including phenoxy) is 1. The summed E-state index contributed by atoms with van der Waals surface area (Å²) in [5, 5.41) is 9.49. The molecule has 2 aromatic heterocycles. The van der Waals surface area contributed by atoms with Gasteiger partial charge in [-0.2, -0.15) is 5.10 Å². The fourth-order valence-corrected chi connectivity index (χ4v) is 4.90. The molecule has 32 heavy (non-hydrogen) atoms. The van der Waals surface area contributed by atoms with Crippen molar-refractivity contribution < 1.29 is 4.74 Å². The molecule has 1 unspecified atom stereocenters. The fraction of sp³-hybridized carbons (Fsp3) is 0.480. The van der Waals surface area contributed by atoms with E-state index in [2.05, 4.69) is 44.6 Å². The number of piperidine rings is 1. The summed E-state index contributed by atoms with van der Waals surface area (Å²) in [4.78, 5) is 19.7. The zero-order valence-electron chi connectivity index (χ0n) is 18.7. The third kappa shape index (κ3) is 4.54. The van der Waals surface area contributed by atoms with Crippen LogP contribution in [0.5, 0.6) is 0 Å². The molecule has 168 valence electrons. The molecule has 2 aliphatic rings. The van der Waals surface area contributed by atoms with Gasteiger partial charge >= 0.3 is 0 Å². The number of nitrogens with zero attached hydrogens (tertiary/aromatic N) is 4. The minimum absolute atomic E-state index is 0.0281. The molecule has 0 amide bonds. The van der Waals surface area contributed by atoms with E-state index >= 15 is 0 Å². The number of aromatic nitrogens is 3. The highest BCUT2D eigenvalue weighted by Gasteiger charge is 2.23. The molecule has 3 aromatic rings. The van der Waals surface area contributed by atoms with Gasteiger partial charge in [0.25, 0.3) is 5.56 Å². The first-order valence-corrected chi connectivity index (χ1v) is 11.7. The molecule has 0 spiro atoms. The molecular weight excluding hydrogens is 402 g/mol. The highest BCUT2D eigenvalue weighted by Crippen LogP contribution is 2.24. The van der Waals surface area contributed by atoms with Gasteiger partial charge in [0.2, 0.25) is 0 Å². The van der Waals surface area contributed by atoms with Gasteiger partial charge in [0, 0.05) is 53.9 Å². The van der Waals surface area contributed by atoms with Gasteiger partial charge in [-0.05, 0) is 38.4 Å². The Morgan fingerprint density at radius 3 is 3.03 bits per heavy atom. The largest absolute Gasteiger partial charge is 0.383 e. The quantitative estimate of drug-likeness (QED) is 0.644. The van der Waals surface area contributed by atoms with Gasteiger partial charge in [-0.1, -0.05) is 24.6 Å². The normalized spacial score (nSPS) is 19.1. The maximum atomic E-state index is 12.5. The van der Waals surface area contributed by atoms with Crippen LogP contribution in [-0.2, 0) is 24.3 Å². The Morgan fingerprint density at radius 2 is 2.09 bits per heavy atom. The second-order valence-electron chi connectivity index (χ2n) is 8.88. The maximum Gasteiger partial charge on any atom is 0.267 e. The third-order valence-corrected chi connectivity index (χ3v) is 6.63. The van der Waals surface area contributed by atoms with Gasteiger partial charge in [0.15, 0.2) is 0 Å². The van der Waals surface area contributed by atoms with E-state index in [4.69, 9.17) is 4.74 Å². The van der Waals surface area contributed by atoms with Crippen molar-refractivity contribution in [2.75, 3.05) is 31.6 Å². The van der Waals surface area contributed by atoms with E-state index < -0.39 is 0 Å². The molecule has 1 aromatic carbocycles. The van der Waals surface area contributed by atoms with Crippen molar-refractivity contribution in [3.8, 4) is 0 Å². The van der Waals surface area contributed by atoms with Crippen LogP contribution in [0.15, 0.2) is 41.2 Å². The van der Waals surface area contributed by atoms with E-state index in [1.807, 2.05) is 13.0 Å². The standard InChI is InChI=1S/C25H31N5O2/c1-18-14-24(21-7-2-3-8-23(21)27-18)26-16-20-6-4-5-10-29(20)11-12-30-25(31)15-19-17-32-13-9-22(19)28-30/h2-3,7-8,14-15,20H,4-6,9-13,16-17H2,1H3,(H,26,27). The van der Waals surface area contributed by atoms with Crippen molar-refractivity contribution in [3.63, 3.8) is 0 Å². The molecule has 0 saturated carbocycles. The molecule has 2 aliphatic heterocycles. The van der Waals surface area contributed by atoms with E-state index in [1.165, 1.54) is 19.3 Å². The van der Waals surface area contributed by atoms with Gasteiger partial charge in [-0.25, -0.2) is 4.68 Å². The average molecular weight is 434 g/mol. The molecule has 1 N–H and O–H groups in total. The van der Waals surface area contributed by atoms with Gasteiger partial charge in [0.05, 0.1) is 31.0 Å². The number of pyridine rings is 1. The van der Waals surface area contributed by atoms with Crippen molar-refractivity contribution in [3.05, 3.63) is 63.7 Å². The van der Waals surface area contributed by atoms with E-state index in [-0.39, 0.29) is 5.56 Å². The zero-order chi connectivity index (χ0) is 21.9. The van der Waals surface area contributed by atoms with Crippen LogP contribution >= 0.6 is 0 Å². The second-order valence-corrected chi connectivity index (χ2v) is 8.88. The first-order chi connectivity index (χ1) is 15.7. The Hall–Kier alpha value is -2.77. The minimum Gasteiger partial charge on any atom is -0.383 e. The van der Waals surface area contributed by atoms with Gasteiger partial charge in [0.1, 0.15) is 0 Å². The van der Waals surface area contributed by atoms with Crippen LogP contribution in [0.25, 0.3) is 10.9 Å². The van der Waals surface area contributed by atoms with Crippen molar-refractivity contribution in [2.24, 2.45) is 0 Å². The van der Waals surface area contributed by atoms with Crippen molar-refractivity contribution >= 4 is 16.6 Å². The molecule has 1 atom stereocenters. The lowest BCUT2D eigenvalue weighted by Crippen LogP contribution is -2.45. The molecule has 7 heteroatoms. The lowest BCUT2D eigenvalue weighted by molar-refractivity contribution is 0.107. The van der Waals surface area contributed by atoms with Crippen LogP contribution in [0.2, 0.25) is 0 Å². The third-order valence-electron chi connectivity index (χ3n) is 6.63. The van der Waals surface area contributed by atoms with Crippen LogP contribution < -0.4 is 10.9 Å². The topological polar surface area (TPSA) is 72.3 Å². The van der Waals surface area contributed by atoms with Crippen molar-refractivity contribution in [1.82, 2.24) is 19.7 Å². The summed E-state index contributed by atoms with van der Waals surface area (Å²) in [5.74, 6) is 0. The summed E-state index contributed by atoms with van der Waals surface area (Å²) >= 11 is 0. The predicted octanol–water partition coefficient (Wildman–Crippen LogP) is 3.14. The molecule has 5 rings (SSSR count). The molecular formula is C25H31N5O2. The minimum atomic E-state index is -0.0281. The summed E-state index contributed by atoms with van der Waals surface area (Å²) in [6.07, 6.45) is 4.40. The number of hydrogen-bond donors (Lipinski definition) is 1. The monoisotopic (exact) mass is 433 g/mol. The number of anilines is 1. The molecule has 4 heterocycles. The molecule has 7 nitrogen and oxygen atoms in total. The first-order valence-electron chi connectivity index (χ1n) is 11.7. The number of hydrogen-bond acceptors (Lipinski definition) is 6. The SMILES string of the molecule is Cc1cc(NCC2CCCCN2CCn2nc3c(cc2=O)COCC3)c2ccccc2n1. The fourth-order valence-electron chi connectivity index (χ4n) is 4.90. The highest BCUT2D eigenvalue weighted by molar-refractivity contribution is 5.91. The number of nitrogens with one attached hydrogen (secondary N) is 1. The number of likely N-dealkylation sites (tertiary alicyclic amines) is 1. The van der Waals surface area contributed by atoms with Crippen LogP contribution in [0.1, 0.15) is 36.2 Å². The van der Waals surface area contributed by atoms with E-state index in [0.29, 0.717) is 25.8 Å². The average Bonchev–Trinajstić information content (AvgIpc) is 2.81. The van der Waals surface area contributed by atoms with Crippen LogP contribution in [-0.4, -0.2) is 51.9 Å². The van der Waals surface area contributed by atoms with Gasteiger partial charge < -0.3 is 10.1 Å². The Bertz CT molecular complexity index is 1160. The lowest BCUT2D eigenvalue weighted by atomic mass is 10.0. The Labute approximate surface area is 188 Å². The Balaban J connectivity index is 1.27. The second kappa shape index (κ2) is 9.38. The Morgan fingerprint density at radius 1 is 1.19 bits per heavy atom. The predicted molar refractivity (Wildman–Crippen MR) is 126 cm³/mol. The van der Waals surface area contributed by atoms with Gasteiger partial charge in [-0.15, -0.1) is 0 Å². The first kappa shape index (κ1) is 21.1. The number of aryl methyl sites for hydroxylation is 1. The molecule has 0 radical (unpaired) electrons. The van der Waals surface area contributed by atoms with Gasteiger partial charge in [-0.3, -0.25) is 14.7 Å².